The van der Waals surface area contributed by atoms with Crippen LogP contribution in [0.2, 0.25) is 0 Å². The van der Waals surface area contributed by atoms with Crippen LogP contribution in [-0.2, 0) is 27.2 Å². The van der Waals surface area contributed by atoms with Crippen molar-refractivity contribution in [3.05, 3.63) is 89.5 Å². The number of pyridine rings is 1. The van der Waals surface area contributed by atoms with Gasteiger partial charge in [0, 0.05) is 25.1 Å². The first-order valence-electron chi connectivity index (χ1n) is 13.8. The van der Waals surface area contributed by atoms with Gasteiger partial charge in [-0.15, -0.1) is 0 Å². The molecule has 9 heteroatoms. The fourth-order valence-electron chi connectivity index (χ4n) is 5.40. The predicted molar refractivity (Wildman–Crippen MR) is 150 cm³/mol. The first-order chi connectivity index (χ1) is 19.7. The Balaban J connectivity index is 1.57. The first-order valence-corrected chi connectivity index (χ1v) is 13.8. The molecule has 3 aromatic rings. The number of benzene rings is 2. The molecule has 0 bridgehead atoms. The number of halogens is 1. The number of nitrogens with one attached hydrogen (secondary N) is 1. The Bertz CT molecular complexity index is 1350. The summed E-state index contributed by atoms with van der Waals surface area (Å²) < 4.78 is 30.0. The van der Waals surface area contributed by atoms with Gasteiger partial charge in [0.2, 0.25) is 5.75 Å². The minimum absolute atomic E-state index is 0.0327. The van der Waals surface area contributed by atoms with E-state index in [1.807, 2.05) is 25.1 Å². The van der Waals surface area contributed by atoms with Gasteiger partial charge in [0.15, 0.2) is 11.4 Å². The van der Waals surface area contributed by atoms with Gasteiger partial charge in [0.25, 0.3) is 5.91 Å². The first kappa shape index (κ1) is 29.7. The van der Waals surface area contributed by atoms with Crippen LogP contribution in [0.15, 0.2) is 66.9 Å². The minimum atomic E-state index is -0.926. The number of esters is 2. The van der Waals surface area contributed by atoms with Crippen LogP contribution in [0, 0.1) is 17.7 Å². The van der Waals surface area contributed by atoms with Crippen molar-refractivity contribution >= 4 is 17.8 Å². The maximum absolute atomic E-state index is 13.6. The second-order valence-electron chi connectivity index (χ2n) is 10.3. The number of nitrogens with zero attached hydrogens (tertiary/aromatic N) is 1. The van der Waals surface area contributed by atoms with Gasteiger partial charge in [-0.25, -0.2) is 14.2 Å². The van der Waals surface area contributed by atoms with Crippen LogP contribution in [0.1, 0.15) is 54.7 Å². The second-order valence-corrected chi connectivity index (χ2v) is 10.3. The zero-order valence-electron chi connectivity index (χ0n) is 23.5. The third kappa shape index (κ3) is 7.90. The number of carbonyl (C=O) groups is 3. The standard InChI is InChI=1S/C32H35FN2O6/c1-20-26(19-23-12-14-25(33)15-13-23)24(18-22-8-5-4-6-9-22)10-7-11-27(32(38)40-20)35-31(37)29-30(41-21(2)36)28(39-3)16-17-34-29/h4-6,8-9,12-17,20,24,26-27H,7,10-11,18-19H2,1-3H3,(H,35,37). The Morgan fingerprint density at radius 1 is 1.02 bits per heavy atom. The molecule has 2 heterocycles. The number of hydrogen-bond donors (Lipinski definition) is 1. The highest BCUT2D eigenvalue weighted by Crippen LogP contribution is 2.33. The lowest BCUT2D eigenvalue weighted by atomic mass is 9.77. The van der Waals surface area contributed by atoms with Crippen LogP contribution in [0.25, 0.3) is 0 Å². The Labute approximate surface area is 239 Å². The molecule has 216 valence electrons. The van der Waals surface area contributed by atoms with Gasteiger partial charge < -0.3 is 19.5 Å². The summed E-state index contributed by atoms with van der Waals surface area (Å²) in [7, 11) is 1.38. The topological polar surface area (TPSA) is 104 Å². The molecule has 0 spiro atoms. The number of rotatable bonds is 8. The number of aromatic nitrogens is 1. The van der Waals surface area contributed by atoms with Gasteiger partial charge in [-0.05, 0) is 61.8 Å². The van der Waals surface area contributed by atoms with Crippen molar-refractivity contribution in [2.24, 2.45) is 11.8 Å². The van der Waals surface area contributed by atoms with Crippen molar-refractivity contribution in [2.45, 2.75) is 58.1 Å². The third-order valence-corrected chi connectivity index (χ3v) is 7.44. The molecule has 1 amide bonds. The van der Waals surface area contributed by atoms with E-state index in [1.54, 1.807) is 12.1 Å². The maximum atomic E-state index is 13.6. The molecule has 41 heavy (non-hydrogen) atoms. The molecule has 4 rings (SSSR count). The summed E-state index contributed by atoms with van der Waals surface area (Å²) in [6, 6.07) is 17.1. The summed E-state index contributed by atoms with van der Waals surface area (Å²) in [5.74, 6) is -1.98. The summed E-state index contributed by atoms with van der Waals surface area (Å²) in [6.45, 7) is 3.08. The molecule has 0 saturated carbocycles. The SMILES string of the molecule is COc1ccnc(C(=O)NC2CCCC(Cc3ccccc3)C(Cc3ccc(F)cc3)C(C)OC2=O)c1OC(C)=O. The number of ether oxygens (including phenoxy) is 3. The highest BCUT2D eigenvalue weighted by molar-refractivity contribution is 5.98. The summed E-state index contributed by atoms with van der Waals surface area (Å²) in [5.41, 5.74) is 1.98. The molecule has 0 aliphatic carbocycles. The van der Waals surface area contributed by atoms with E-state index in [0.29, 0.717) is 19.3 Å². The summed E-state index contributed by atoms with van der Waals surface area (Å²) in [4.78, 5) is 42.4. The Kier molecular flexibility index (Phi) is 10.1. The molecule has 1 saturated heterocycles. The Hall–Kier alpha value is -4.27. The quantitative estimate of drug-likeness (QED) is 0.382. The normalized spacial score (nSPS) is 21.0. The van der Waals surface area contributed by atoms with Crippen LogP contribution in [0.4, 0.5) is 4.39 Å². The number of carbonyl (C=O) groups excluding carboxylic acids is 3. The van der Waals surface area contributed by atoms with Crippen LogP contribution < -0.4 is 14.8 Å². The molecule has 1 aliphatic heterocycles. The highest BCUT2D eigenvalue weighted by Gasteiger charge is 2.35. The number of methoxy groups -OCH3 is 1. The predicted octanol–water partition coefficient (Wildman–Crippen LogP) is 5.09. The summed E-state index contributed by atoms with van der Waals surface area (Å²) in [6.07, 6.45) is 4.12. The van der Waals surface area contributed by atoms with Gasteiger partial charge in [0.05, 0.1) is 7.11 Å². The monoisotopic (exact) mass is 562 g/mol. The van der Waals surface area contributed by atoms with E-state index in [2.05, 4.69) is 22.4 Å². The van der Waals surface area contributed by atoms with E-state index < -0.39 is 30.0 Å². The summed E-state index contributed by atoms with van der Waals surface area (Å²) >= 11 is 0. The molecule has 4 unspecified atom stereocenters. The van der Waals surface area contributed by atoms with Crippen molar-refractivity contribution < 1.29 is 33.0 Å². The average molecular weight is 563 g/mol. The maximum Gasteiger partial charge on any atom is 0.328 e. The molecule has 0 radical (unpaired) electrons. The number of hydrogen-bond acceptors (Lipinski definition) is 7. The molecule has 2 aromatic carbocycles. The summed E-state index contributed by atoms with van der Waals surface area (Å²) in [5, 5.41) is 2.74. The average Bonchev–Trinajstić information content (AvgIpc) is 3.00. The molecule has 1 N–H and O–H groups in total. The third-order valence-electron chi connectivity index (χ3n) is 7.44. The molecule has 1 fully saturated rings. The Morgan fingerprint density at radius 2 is 1.73 bits per heavy atom. The Morgan fingerprint density at radius 3 is 2.41 bits per heavy atom. The lowest BCUT2D eigenvalue weighted by Gasteiger charge is -2.31. The van der Waals surface area contributed by atoms with Crippen LogP contribution in [-0.4, -0.2) is 42.1 Å². The van der Waals surface area contributed by atoms with Crippen molar-refractivity contribution in [1.82, 2.24) is 10.3 Å². The van der Waals surface area contributed by atoms with E-state index in [9.17, 15) is 18.8 Å². The molecule has 1 aliphatic rings. The van der Waals surface area contributed by atoms with Gasteiger partial charge in [-0.3, -0.25) is 9.59 Å². The molecular formula is C32H35FN2O6. The van der Waals surface area contributed by atoms with Gasteiger partial charge in [-0.2, -0.15) is 0 Å². The largest absolute Gasteiger partial charge is 0.493 e. The van der Waals surface area contributed by atoms with Crippen LogP contribution in [0.5, 0.6) is 11.5 Å². The van der Waals surface area contributed by atoms with Crippen LogP contribution >= 0.6 is 0 Å². The molecule has 8 nitrogen and oxygen atoms in total. The zero-order chi connectivity index (χ0) is 29.4. The molecule has 4 atom stereocenters. The molecular weight excluding hydrogens is 527 g/mol. The van der Waals surface area contributed by atoms with E-state index in [4.69, 9.17) is 14.2 Å². The van der Waals surface area contributed by atoms with Gasteiger partial charge in [0.1, 0.15) is 18.0 Å². The number of amides is 1. The molecule has 1 aromatic heterocycles. The van der Waals surface area contributed by atoms with Crippen molar-refractivity contribution in [3.63, 3.8) is 0 Å². The van der Waals surface area contributed by atoms with E-state index in [-0.39, 0.29) is 34.8 Å². The second kappa shape index (κ2) is 13.9. The van der Waals surface area contributed by atoms with Gasteiger partial charge >= 0.3 is 11.9 Å². The van der Waals surface area contributed by atoms with Gasteiger partial charge in [-0.1, -0.05) is 48.9 Å². The fourth-order valence-corrected chi connectivity index (χ4v) is 5.40. The van der Waals surface area contributed by atoms with Crippen molar-refractivity contribution in [3.8, 4) is 11.5 Å². The van der Waals surface area contributed by atoms with Crippen molar-refractivity contribution in [1.29, 1.82) is 0 Å². The highest BCUT2D eigenvalue weighted by atomic mass is 19.1. The van der Waals surface area contributed by atoms with E-state index in [0.717, 1.165) is 18.4 Å². The lowest BCUT2D eigenvalue weighted by Crippen LogP contribution is -2.43. The number of cyclic esters (lactones) is 1. The smallest absolute Gasteiger partial charge is 0.328 e. The zero-order valence-corrected chi connectivity index (χ0v) is 23.5. The lowest BCUT2D eigenvalue weighted by molar-refractivity contribution is -0.153. The van der Waals surface area contributed by atoms with Crippen molar-refractivity contribution in [2.75, 3.05) is 7.11 Å². The van der Waals surface area contributed by atoms with E-state index in [1.165, 1.54) is 44.0 Å². The minimum Gasteiger partial charge on any atom is -0.493 e. The fraction of sp³-hybridized carbons (Fsp3) is 0.375. The van der Waals surface area contributed by atoms with Crippen LogP contribution in [0.3, 0.4) is 0 Å². The van der Waals surface area contributed by atoms with E-state index >= 15 is 0 Å².